The fourth-order valence-electron chi connectivity index (χ4n) is 4.63. The highest BCUT2D eigenvalue weighted by atomic mass is 16.5. The number of fused-ring (bicyclic) bond motifs is 1. The van der Waals surface area contributed by atoms with E-state index in [9.17, 15) is 5.11 Å². The molecule has 0 saturated carbocycles. The van der Waals surface area contributed by atoms with Crippen LogP contribution in [-0.4, -0.2) is 43.4 Å². The third kappa shape index (κ3) is 1.77. The molecule has 0 amide bonds. The molecule has 2 atom stereocenters. The third-order valence-corrected chi connectivity index (χ3v) is 5.71. The summed E-state index contributed by atoms with van der Waals surface area (Å²) in [5.41, 5.74) is 4.03. The van der Waals surface area contributed by atoms with Gasteiger partial charge in [0.05, 0.1) is 18.8 Å². The van der Waals surface area contributed by atoms with Gasteiger partial charge in [-0.1, -0.05) is 6.08 Å². The number of nitrogens with zero attached hydrogens (tertiary/aromatic N) is 1. The van der Waals surface area contributed by atoms with Crippen LogP contribution in [0.15, 0.2) is 23.8 Å². The van der Waals surface area contributed by atoms with Crippen molar-refractivity contribution < 1.29 is 14.6 Å². The van der Waals surface area contributed by atoms with Crippen molar-refractivity contribution >= 4 is 0 Å². The van der Waals surface area contributed by atoms with E-state index in [0.29, 0.717) is 5.75 Å². The summed E-state index contributed by atoms with van der Waals surface area (Å²) in [5.74, 6) is 0.814. The van der Waals surface area contributed by atoms with Crippen LogP contribution in [0.25, 0.3) is 0 Å². The van der Waals surface area contributed by atoms with Crippen LogP contribution in [-0.2, 0) is 16.7 Å². The number of phenols is 1. The molecule has 0 radical (unpaired) electrons. The van der Waals surface area contributed by atoms with Crippen LogP contribution in [0.4, 0.5) is 0 Å². The van der Waals surface area contributed by atoms with E-state index in [1.165, 1.54) is 16.7 Å². The Labute approximate surface area is 131 Å². The molecular weight excluding hydrogens is 278 g/mol. The van der Waals surface area contributed by atoms with Crippen molar-refractivity contribution in [3.05, 3.63) is 34.9 Å². The molecule has 22 heavy (non-hydrogen) atoms. The van der Waals surface area contributed by atoms with Crippen molar-refractivity contribution in [3.8, 4) is 11.5 Å². The molecule has 0 unspecified atom stereocenters. The predicted molar refractivity (Wildman–Crippen MR) is 84.3 cm³/mol. The zero-order valence-corrected chi connectivity index (χ0v) is 13.3. The lowest BCUT2D eigenvalue weighted by Crippen LogP contribution is -2.50. The van der Waals surface area contributed by atoms with E-state index >= 15 is 0 Å². The van der Waals surface area contributed by atoms with Crippen LogP contribution in [0.5, 0.6) is 11.5 Å². The molecule has 1 saturated heterocycles. The lowest BCUT2D eigenvalue weighted by Gasteiger charge is -2.48. The largest absolute Gasteiger partial charge is 0.504 e. The number of methoxy groups -OCH3 is 2. The van der Waals surface area contributed by atoms with Crippen LogP contribution >= 0.6 is 0 Å². The summed E-state index contributed by atoms with van der Waals surface area (Å²) in [5, 5.41) is 10.1. The maximum Gasteiger partial charge on any atom is 0.160 e. The van der Waals surface area contributed by atoms with Gasteiger partial charge in [0.15, 0.2) is 11.5 Å². The highest BCUT2D eigenvalue weighted by Gasteiger charge is 2.51. The average molecular weight is 301 g/mol. The second-order valence-corrected chi connectivity index (χ2v) is 6.56. The first kappa shape index (κ1) is 14.1. The smallest absolute Gasteiger partial charge is 0.160 e. The third-order valence-electron chi connectivity index (χ3n) is 5.71. The Hall–Kier alpha value is -1.52. The van der Waals surface area contributed by atoms with Gasteiger partial charge in [0.2, 0.25) is 0 Å². The summed E-state index contributed by atoms with van der Waals surface area (Å²) >= 11 is 0. The number of benzene rings is 1. The number of rotatable bonds is 2. The summed E-state index contributed by atoms with van der Waals surface area (Å²) in [7, 11) is 3.42. The second kappa shape index (κ2) is 5.00. The normalized spacial score (nSPS) is 30.3. The van der Waals surface area contributed by atoms with Gasteiger partial charge in [-0.3, -0.25) is 4.90 Å². The second-order valence-electron chi connectivity index (χ2n) is 6.56. The number of phenolic OH excluding ortho intramolecular Hbond substituents is 1. The Kier molecular flexibility index (Phi) is 3.20. The highest BCUT2D eigenvalue weighted by molar-refractivity contribution is 5.54. The van der Waals surface area contributed by atoms with Gasteiger partial charge in [0, 0.05) is 26.6 Å². The molecule has 1 aromatic carbocycles. The SMILES string of the molecule is COc1cc2c(cc1O)CCN1CCC3=CC[C@H](OC)C[C@]321. The zero-order valence-electron chi connectivity index (χ0n) is 13.3. The molecule has 0 bridgehead atoms. The van der Waals surface area contributed by atoms with E-state index in [1.54, 1.807) is 14.2 Å². The quantitative estimate of drug-likeness (QED) is 0.853. The first-order valence-electron chi connectivity index (χ1n) is 8.06. The maximum atomic E-state index is 10.1. The van der Waals surface area contributed by atoms with Gasteiger partial charge in [0.1, 0.15) is 0 Å². The topological polar surface area (TPSA) is 41.9 Å². The minimum Gasteiger partial charge on any atom is -0.504 e. The molecule has 4 heteroatoms. The van der Waals surface area contributed by atoms with E-state index in [1.807, 2.05) is 12.1 Å². The van der Waals surface area contributed by atoms with Crippen molar-refractivity contribution in [1.82, 2.24) is 4.90 Å². The van der Waals surface area contributed by atoms with Gasteiger partial charge in [-0.2, -0.15) is 0 Å². The molecule has 1 spiro atoms. The fraction of sp³-hybridized carbons (Fsp3) is 0.556. The van der Waals surface area contributed by atoms with Crippen LogP contribution < -0.4 is 4.74 Å². The molecule has 118 valence electrons. The van der Waals surface area contributed by atoms with Gasteiger partial charge < -0.3 is 14.6 Å². The minimum atomic E-state index is -0.0481. The van der Waals surface area contributed by atoms with E-state index < -0.39 is 0 Å². The molecule has 2 heterocycles. The summed E-state index contributed by atoms with van der Waals surface area (Å²) in [6.07, 6.45) is 6.77. The van der Waals surface area contributed by atoms with Gasteiger partial charge in [-0.15, -0.1) is 0 Å². The molecule has 0 aromatic heterocycles. The summed E-state index contributed by atoms with van der Waals surface area (Å²) < 4.78 is 11.1. The van der Waals surface area contributed by atoms with E-state index in [-0.39, 0.29) is 17.4 Å². The van der Waals surface area contributed by atoms with Crippen LogP contribution in [0.1, 0.15) is 30.4 Å². The molecule has 1 fully saturated rings. The Bertz CT molecular complexity index is 639. The Balaban J connectivity index is 1.91. The summed E-state index contributed by atoms with van der Waals surface area (Å²) in [6.45, 7) is 2.16. The molecule has 2 aliphatic heterocycles. The summed E-state index contributed by atoms with van der Waals surface area (Å²) in [4.78, 5) is 2.60. The minimum absolute atomic E-state index is 0.0481. The van der Waals surface area contributed by atoms with Crippen molar-refractivity contribution in [1.29, 1.82) is 0 Å². The van der Waals surface area contributed by atoms with E-state index in [0.717, 1.165) is 38.8 Å². The van der Waals surface area contributed by atoms with Gasteiger partial charge in [0.25, 0.3) is 0 Å². The molecule has 1 aliphatic carbocycles. The molecule has 4 nitrogen and oxygen atoms in total. The first-order chi connectivity index (χ1) is 10.7. The average Bonchev–Trinajstić information content (AvgIpc) is 2.92. The molecule has 1 aromatic rings. The fourth-order valence-corrected chi connectivity index (χ4v) is 4.63. The first-order valence-corrected chi connectivity index (χ1v) is 8.06. The summed E-state index contributed by atoms with van der Waals surface area (Å²) in [6, 6.07) is 3.95. The molecule has 1 N–H and O–H groups in total. The van der Waals surface area contributed by atoms with Gasteiger partial charge in [-0.25, -0.2) is 0 Å². The zero-order chi connectivity index (χ0) is 15.3. The van der Waals surface area contributed by atoms with Crippen LogP contribution in [0.2, 0.25) is 0 Å². The monoisotopic (exact) mass is 301 g/mol. The highest BCUT2D eigenvalue weighted by Crippen LogP contribution is 2.54. The van der Waals surface area contributed by atoms with Crippen molar-refractivity contribution in [2.75, 3.05) is 27.3 Å². The molecule has 4 rings (SSSR count). The van der Waals surface area contributed by atoms with Crippen molar-refractivity contribution in [2.24, 2.45) is 0 Å². The van der Waals surface area contributed by atoms with Crippen molar-refractivity contribution in [2.45, 2.75) is 37.3 Å². The lowest BCUT2D eigenvalue weighted by molar-refractivity contribution is 0.0290. The predicted octanol–water partition coefficient (Wildman–Crippen LogP) is 2.59. The standard InChI is InChI=1S/C18H23NO3/c1-21-14-4-3-13-6-8-19-7-5-12-9-16(20)17(22-2)10-15(12)18(13,19)11-14/h3,9-10,14,20H,4-8,11H2,1-2H3/t14-,18-/m0/s1. The molecular formula is C18H23NO3. The van der Waals surface area contributed by atoms with Crippen LogP contribution in [0, 0.1) is 0 Å². The Morgan fingerprint density at radius 2 is 2.05 bits per heavy atom. The van der Waals surface area contributed by atoms with E-state index in [2.05, 4.69) is 11.0 Å². The van der Waals surface area contributed by atoms with Gasteiger partial charge in [-0.05, 0) is 48.1 Å². The number of hydrogen-bond donors (Lipinski definition) is 1. The van der Waals surface area contributed by atoms with Gasteiger partial charge >= 0.3 is 0 Å². The Morgan fingerprint density at radius 3 is 2.82 bits per heavy atom. The number of hydrogen-bond acceptors (Lipinski definition) is 4. The maximum absolute atomic E-state index is 10.1. The van der Waals surface area contributed by atoms with Crippen molar-refractivity contribution in [3.63, 3.8) is 0 Å². The lowest BCUT2D eigenvalue weighted by atomic mass is 9.71. The number of ether oxygens (including phenoxy) is 2. The Morgan fingerprint density at radius 1 is 1.23 bits per heavy atom. The number of aromatic hydroxyl groups is 1. The van der Waals surface area contributed by atoms with E-state index in [4.69, 9.17) is 9.47 Å². The molecule has 3 aliphatic rings. The van der Waals surface area contributed by atoms with Crippen LogP contribution in [0.3, 0.4) is 0 Å².